The van der Waals surface area contributed by atoms with Gasteiger partial charge in [0, 0.05) is 16.6 Å². The molecule has 0 saturated carbocycles. The second-order valence-electron chi connectivity index (χ2n) is 5.50. The van der Waals surface area contributed by atoms with E-state index in [4.69, 9.17) is 0 Å². The van der Waals surface area contributed by atoms with Crippen molar-refractivity contribution in [3.63, 3.8) is 0 Å². The monoisotopic (exact) mass is 324 g/mol. The van der Waals surface area contributed by atoms with Gasteiger partial charge in [-0.25, -0.2) is 0 Å². The van der Waals surface area contributed by atoms with Gasteiger partial charge in [-0.15, -0.1) is 0 Å². The van der Waals surface area contributed by atoms with Gasteiger partial charge < -0.3 is 10.2 Å². The molecule has 0 radical (unpaired) electrons. The van der Waals surface area contributed by atoms with Gasteiger partial charge in [-0.2, -0.15) is 0 Å². The highest BCUT2D eigenvalue weighted by molar-refractivity contribution is 9.10. The molecule has 0 aromatic heterocycles. The van der Waals surface area contributed by atoms with Crippen LogP contribution in [0.3, 0.4) is 0 Å². The summed E-state index contributed by atoms with van der Waals surface area (Å²) in [5, 5.41) is 3.80. The number of halogens is 1. The number of nitrogens with zero attached hydrogens (tertiary/aromatic N) is 1. The average Bonchev–Trinajstić information content (AvgIpc) is 2.64. The first kappa shape index (κ1) is 15.0. The van der Waals surface area contributed by atoms with E-state index < -0.39 is 0 Å². The summed E-state index contributed by atoms with van der Waals surface area (Å²) in [5.74, 6) is 0. The fourth-order valence-corrected chi connectivity index (χ4v) is 3.10. The van der Waals surface area contributed by atoms with Crippen LogP contribution in [0.2, 0.25) is 0 Å². The summed E-state index contributed by atoms with van der Waals surface area (Å²) < 4.78 is 1.15. The number of hydrogen-bond acceptors (Lipinski definition) is 2. The number of benzene rings is 1. The van der Waals surface area contributed by atoms with E-state index in [9.17, 15) is 0 Å². The molecular formula is C16H25BrN2. The summed E-state index contributed by atoms with van der Waals surface area (Å²) >= 11 is 3.49. The van der Waals surface area contributed by atoms with Crippen molar-refractivity contribution in [1.29, 1.82) is 0 Å². The summed E-state index contributed by atoms with van der Waals surface area (Å²) in [5.41, 5.74) is 1.37. The van der Waals surface area contributed by atoms with Gasteiger partial charge in [0.25, 0.3) is 0 Å². The smallest absolute Gasteiger partial charge is 0.0294 e. The number of nitrogens with one attached hydrogen (secondary N) is 1. The topological polar surface area (TPSA) is 15.3 Å². The highest BCUT2D eigenvalue weighted by Crippen LogP contribution is 2.19. The molecule has 1 aliphatic rings. The van der Waals surface area contributed by atoms with E-state index in [1.165, 1.54) is 44.5 Å². The number of likely N-dealkylation sites (tertiary alicyclic amines) is 1. The molecule has 1 fully saturated rings. The molecule has 2 atom stereocenters. The van der Waals surface area contributed by atoms with Crippen LogP contribution in [0.5, 0.6) is 0 Å². The molecule has 1 aromatic carbocycles. The van der Waals surface area contributed by atoms with Crippen LogP contribution in [-0.4, -0.2) is 30.6 Å². The van der Waals surface area contributed by atoms with E-state index in [1.807, 2.05) is 0 Å². The summed E-state index contributed by atoms with van der Waals surface area (Å²) in [6, 6.07) is 9.76. The van der Waals surface area contributed by atoms with E-state index in [2.05, 4.69) is 64.3 Å². The molecule has 1 heterocycles. The van der Waals surface area contributed by atoms with Crippen molar-refractivity contribution < 1.29 is 0 Å². The lowest BCUT2D eigenvalue weighted by atomic mass is 10.0. The van der Waals surface area contributed by atoms with Crippen molar-refractivity contribution in [2.75, 3.05) is 19.6 Å². The Morgan fingerprint density at radius 2 is 2.00 bits per heavy atom. The van der Waals surface area contributed by atoms with Gasteiger partial charge in [-0.1, -0.05) is 35.0 Å². The van der Waals surface area contributed by atoms with Crippen molar-refractivity contribution in [2.45, 2.75) is 45.2 Å². The van der Waals surface area contributed by atoms with Gasteiger partial charge >= 0.3 is 0 Å². The van der Waals surface area contributed by atoms with Crippen LogP contribution in [-0.2, 0) is 0 Å². The molecule has 1 aliphatic heterocycles. The predicted octanol–water partition coefficient (Wildman–Crippen LogP) is 3.97. The lowest BCUT2D eigenvalue weighted by Gasteiger charge is -2.23. The Morgan fingerprint density at radius 1 is 1.26 bits per heavy atom. The SMILES string of the molecule is CCN1CCCC(N[C@H](C)c2ccc(Br)cc2)CC1. The van der Waals surface area contributed by atoms with Gasteiger partial charge in [0.15, 0.2) is 0 Å². The molecule has 1 N–H and O–H groups in total. The molecule has 2 rings (SSSR count). The highest BCUT2D eigenvalue weighted by atomic mass is 79.9. The van der Waals surface area contributed by atoms with Crippen LogP contribution in [0, 0.1) is 0 Å². The van der Waals surface area contributed by atoms with Crippen LogP contribution in [0.1, 0.15) is 44.7 Å². The molecule has 106 valence electrons. The van der Waals surface area contributed by atoms with E-state index in [1.54, 1.807) is 0 Å². The highest BCUT2D eigenvalue weighted by Gasteiger charge is 2.18. The molecule has 1 unspecified atom stereocenters. The maximum absolute atomic E-state index is 3.80. The fraction of sp³-hybridized carbons (Fsp3) is 0.625. The first-order valence-electron chi connectivity index (χ1n) is 7.43. The van der Waals surface area contributed by atoms with Crippen molar-refractivity contribution >= 4 is 15.9 Å². The summed E-state index contributed by atoms with van der Waals surface area (Å²) in [6.07, 6.45) is 3.89. The second kappa shape index (κ2) is 7.41. The zero-order chi connectivity index (χ0) is 13.7. The largest absolute Gasteiger partial charge is 0.307 e. The molecule has 0 spiro atoms. The van der Waals surface area contributed by atoms with Gasteiger partial charge in [0.2, 0.25) is 0 Å². The Balaban J connectivity index is 1.88. The van der Waals surface area contributed by atoms with E-state index in [0.717, 1.165) is 4.47 Å². The Labute approximate surface area is 125 Å². The normalized spacial score (nSPS) is 23.0. The number of rotatable bonds is 4. The molecular weight excluding hydrogens is 300 g/mol. The van der Waals surface area contributed by atoms with Crippen LogP contribution < -0.4 is 5.32 Å². The van der Waals surface area contributed by atoms with Crippen molar-refractivity contribution in [3.05, 3.63) is 34.3 Å². The zero-order valence-corrected chi connectivity index (χ0v) is 13.6. The summed E-state index contributed by atoms with van der Waals surface area (Å²) in [6.45, 7) is 8.22. The molecule has 0 bridgehead atoms. The van der Waals surface area contributed by atoms with Crippen molar-refractivity contribution in [3.8, 4) is 0 Å². The summed E-state index contributed by atoms with van der Waals surface area (Å²) in [4.78, 5) is 2.56. The van der Waals surface area contributed by atoms with E-state index in [-0.39, 0.29) is 0 Å². The zero-order valence-electron chi connectivity index (χ0n) is 12.0. The van der Waals surface area contributed by atoms with Gasteiger partial charge in [0.05, 0.1) is 0 Å². The average molecular weight is 325 g/mol. The lowest BCUT2D eigenvalue weighted by Crippen LogP contribution is -2.32. The lowest BCUT2D eigenvalue weighted by molar-refractivity contribution is 0.295. The van der Waals surface area contributed by atoms with Gasteiger partial charge in [-0.05, 0) is 63.5 Å². The molecule has 19 heavy (non-hydrogen) atoms. The van der Waals surface area contributed by atoms with Crippen molar-refractivity contribution in [2.24, 2.45) is 0 Å². The second-order valence-corrected chi connectivity index (χ2v) is 6.42. The standard InChI is InChI=1S/C16H25BrN2/c1-3-19-11-4-5-16(10-12-19)18-13(2)14-6-8-15(17)9-7-14/h6-9,13,16,18H,3-5,10-12H2,1-2H3/t13-,16?/m1/s1. The molecule has 3 heteroatoms. The van der Waals surface area contributed by atoms with Gasteiger partial charge in [0.1, 0.15) is 0 Å². The minimum Gasteiger partial charge on any atom is -0.307 e. The Morgan fingerprint density at radius 3 is 2.68 bits per heavy atom. The van der Waals surface area contributed by atoms with Crippen LogP contribution in [0.4, 0.5) is 0 Å². The Kier molecular flexibility index (Phi) is 5.86. The van der Waals surface area contributed by atoms with Gasteiger partial charge in [-0.3, -0.25) is 0 Å². The minimum atomic E-state index is 0.436. The first-order valence-corrected chi connectivity index (χ1v) is 8.22. The minimum absolute atomic E-state index is 0.436. The summed E-state index contributed by atoms with van der Waals surface area (Å²) in [7, 11) is 0. The third kappa shape index (κ3) is 4.59. The van der Waals surface area contributed by atoms with E-state index >= 15 is 0 Å². The third-order valence-electron chi connectivity index (χ3n) is 4.12. The molecule has 0 aliphatic carbocycles. The quantitative estimate of drug-likeness (QED) is 0.901. The third-order valence-corrected chi connectivity index (χ3v) is 4.65. The molecule has 1 saturated heterocycles. The number of hydrogen-bond donors (Lipinski definition) is 1. The molecule has 1 aromatic rings. The van der Waals surface area contributed by atoms with Crippen LogP contribution in [0.15, 0.2) is 28.7 Å². The Hall–Kier alpha value is -0.380. The van der Waals surface area contributed by atoms with Crippen LogP contribution >= 0.6 is 15.9 Å². The first-order chi connectivity index (χ1) is 9.19. The Bertz CT molecular complexity index is 377. The van der Waals surface area contributed by atoms with Crippen LogP contribution in [0.25, 0.3) is 0 Å². The molecule has 0 amide bonds. The maximum atomic E-state index is 3.80. The predicted molar refractivity (Wildman–Crippen MR) is 85.4 cm³/mol. The maximum Gasteiger partial charge on any atom is 0.0294 e. The van der Waals surface area contributed by atoms with Crippen molar-refractivity contribution in [1.82, 2.24) is 10.2 Å². The van der Waals surface area contributed by atoms with E-state index in [0.29, 0.717) is 12.1 Å². The fourth-order valence-electron chi connectivity index (χ4n) is 2.84. The molecule has 2 nitrogen and oxygen atoms in total.